The van der Waals surface area contributed by atoms with Gasteiger partial charge >= 0.3 is 0 Å². The number of benzene rings is 1. The molecule has 3 rings (SSSR count). The van der Waals surface area contributed by atoms with Crippen molar-refractivity contribution in [1.29, 1.82) is 0 Å². The average Bonchev–Trinajstić information content (AvgIpc) is 2.84. The first-order valence-electron chi connectivity index (χ1n) is 5.65. The van der Waals surface area contributed by atoms with E-state index in [4.69, 9.17) is 22.1 Å². The number of nitrogens with one attached hydrogen (secondary N) is 1. The highest BCUT2D eigenvalue weighted by molar-refractivity contribution is 7.99. The molecule has 0 aliphatic rings. The molecule has 0 unspecified atom stereocenters. The Morgan fingerprint density at radius 3 is 3.00 bits per heavy atom. The van der Waals surface area contributed by atoms with Crippen LogP contribution in [0.25, 0.3) is 11.0 Å². The quantitative estimate of drug-likeness (QED) is 0.723. The number of anilines is 1. The molecule has 2 heterocycles. The minimum atomic E-state index is 0.176. The molecule has 1 aromatic carbocycles. The molecular weight excluding hydrogens is 298 g/mol. The van der Waals surface area contributed by atoms with E-state index in [1.807, 2.05) is 18.2 Å². The second kappa shape index (κ2) is 5.18. The molecule has 0 spiro atoms. The maximum Gasteiger partial charge on any atom is 0.221 e. The Kier molecular flexibility index (Phi) is 3.37. The minimum Gasteiger partial charge on any atom is -0.497 e. The van der Waals surface area contributed by atoms with Gasteiger partial charge in [0.05, 0.1) is 29.4 Å². The second-order valence-corrected chi connectivity index (χ2v) is 5.29. The molecular formula is C12H10ClN5OS. The zero-order valence-electron chi connectivity index (χ0n) is 10.4. The van der Waals surface area contributed by atoms with E-state index >= 15 is 0 Å². The fourth-order valence-electron chi connectivity index (χ4n) is 1.67. The lowest BCUT2D eigenvalue weighted by molar-refractivity contribution is 0.415. The Balaban J connectivity index is 1.96. The summed E-state index contributed by atoms with van der Waals surface area (Å²) in [5, 5.41) is 1.67. The Labute approximate surface area is 123 Å². The predicted octanol–water partition coefficient (Wildman–Crippen LogP) is 2.75. The van der Waals surface area contributed by atoms with Gasteiger partial charge in [-0.25, -0.2) is 15.0 Å². The van der Waals surface area contributed by atoms with Gasteiger partial charge in [-0.3, -0.25) is 0 Å². The normalized spacial score (nSPS) is 10.9. The number of H-pyrrole nitrogens is 1. The molecule has 0 aliphatic carbocycles. The van der Waals surface area contributed by atoms with Gasteiger partial charge in [0, 0.05) is 6.07 Å². The zero-order chi connectivity index (χ0) is 14.1. The van der Waals surface area contributed by atoms with E-state index in [1.54, 1.807) is 7.11 Å². The number of nitrogens with zero attached hydrogens (tertiary/aromatic N) is 3. The van der Waals surface area contributed by atoms with Crippen LogP contribution in [0, 0.1) is 0 Å². The van der Waals surface area contributed by atoms with Gasteiger partial charge in [-0.2, -0.15) is 0 Å². The number of methoxy groups -OCH3 is 1. The van der Waals surface area contributed by atoms with Crippen molar-refractivity contribution < 1.29 is 4.74 Å². The van der Waals surface area contributed by atoms with E-state index in [0.717, 1.165) is 16.8 Å². The van der Waals surface area contributed by atoms with Crippen molar-refractivity contribution in [2.24, 2.45) is 0 Å². The molecule has 2 aromatic heterocycles. The number of ether oxygens (including phenoxy) is 1. The lowest BCUT2D eigenvalue weighted by Gasteiger charge is -2.00. The van der Waals surface area contributed by atoms with Crippen molar-refractivity contribution in [1.82, 2.24) is 19.9 Å². The fourth-order valence-corrected chi connectivity index (χ4v) is 2.65. The van der Waals surface area contributed by atoms with Crippen LogP contribution in [0.15, 0.2) is 34.6 Å². The van der Waals surface area contributed by atoms with Crippen LogP contribution in [0.4, 0.5) is 5.95 Å². The summed E-state index contributed by atoms with van der Waals surface area (Å²) in [6, 6.07) is 5.61. The topological polar surface area (TPSA) is 89.7 Å². The summed E-state index contributed by atoms with van der Waals surface area (Å²) in [7, 11) is 1.62. The van der Waals surface area contributed by atoms with Crippen LogP contribution >= 0.6 is 23.4 Å². The standard InChI is InChI=1S/C12H10ClN5OS/c1-19-6-2-3-8-9(4-6)17-12(16-8)20-10-7(13)5-15-11(14)18-10/h2-5H,1H3,(H,16,17)(H2,14,15,18). The SMILES string of the molecule is COc1ccc2nc(Sc3nc(N)ncc3Cl)[nH]c2c1. The summed E-state index contributed by atoms with van der Waals surface area (Å²) in [6.45, 7) is 0. The van der Waals surface area contributed by atoms with Crippen LogP contribution in [-0.4, -0.2) is 27.0 Å². The van der Waals surface area contributed by atoms with Gasteiger partial charge < -0.3 is 15.5 Å². The summed E-state index contributed by atoms with van der Waals surface area (Å²) in [5.41, 5.74) is 7.27. The molecule has 0 saturated carbocycles. The number of nitrogen functional groups attached to an aromatic ring is 1. The Hall–Kier alpha value is -1.99. The van der Waals surface area contributed by atoms with Crippen LogP contribution in [0.5, 0.6) is 5.75 Å². The highest BCUT2D eigenvalue weighted by Gasteiger charge is 2.10. The molecule has 6 nitrogen and oxygen atoms in total. The highest BCUT2D eigenvalue weighted by atomic mass is 35.5. The summed E-state index contributed by atoms with van der Waals surface area (Å²) < 4.78 is 5.17. The minimum absolute atomic E-state index is 0.176. The number of aromatic amines is 1. The fraction of sp³-hybridized carbons (Fsp3) is 0.0833. The summed E-state index contributed by atoms with van der Waals surface area (Å²) in [6.07, 6.45) is 1.47. The van der Waals surface area contributed by atoms with Crippen LogP contribution in [0.2, 0.25) is 5.02 Å². The van der Waals surface area contributed by atoms with Crippen molar-refractivity contribution in [2.45, 2.75) is 10.2 Å². The van der Waals surface area contributed by atoms with Crippen molar-refractivity contribution >= 4 is 40.3 Å². The molecule has 0 saturated heterocycles. The lowest BCUT2D eigenvalue weighted by Crippen LogP contribution is -1.95. The Morgan fingerprint density at radius 2 is 2.20 bits per heavy atom. The Bertz CT molecular complexity index is 776. The number of hydrogen-bond donors (Lipinski definition) is 2. The molecule has 0 amide bonds. The first-order chi connectivity index (χ1) is 9.65. The number of imidazole rings is 1. The second-order valence-electron chi connectivity index (χ2n) is 3.91. The van der Waals surface area contributed by atoms with Gasteiger partial charge in [-0.15, -0.1) is 0 Å². The molecule has 3 N–H and O–H groups in total. The predicted molar refractivity (Wildman–Crippen MR) is 78.2 cm³/mol. The largest absolute Gasteiger partial charge is 0.497 e. The van der Waals surface area contributed by atoms with Crippen molar-refractivity contribution in [3.05, 3.63) is 29.4 Å². The van der Waals surface area contributed by atoms with Crippen molar-refractivity contribution in [3.8, 4) is 5.75 Å². The number of rotatable bonds is 3. The lowest BCUT2D eigenvalue weighted by atomic mass is 10.3. The third-order valence-corrected chi connectivity index (χ3v) is 3.87. The van der Waals surface area contributed by atoms with Crippen LogP contribution in [0.1, 0.15) is 0 Å². The molecule has 0 atom stereocenters. The summed E-state index contributed by atoms with van der Waals surface area (Å²) in [5.74, 6) is 0.941. The van der Waals surface area contributed by atoms with E-state index in [1.165, 1.54) is 18.0 Å². The summed E-state index contributed by atoms with van der Waals surface area (Å²) >= 11 is 7.33. The Morgan fingerprint density at radius 1 is 1.35 bits per heavy atom. The summed E-state index contributed by atoms with van der Waals surface area (Å²) in [4.78, 5) is 15.5. The van der Waals surface area contributed by atoms with Gasteiger partial charge in [0.15, 0.2) is 5.16 Å². The number of fused-ring (bicyclic) bond motifs is 1. The third-order valence-electron chi connectivity index (χ3n) is 2.59. The monoisotopic (exact) mass is 307 g/mol. The first-order valence-corrected chi connectivity index (χ1v) is 6.85. The van der Waals surface area contributed by atoms with E-state index < -0.39 is 0 Å². The molecule has 20 heavy (non-hydrogen) atoms. The van der Waals surface area contributed by atoms with Crippen molar-refractivity contribution in [3.63, 3.8) is 0 Å². The molecule has 8 heteroatoms. The highest BCUT2D eigenvalue weighted by Crippen LogP contribution is 2.31. The van der Waals surface area contributed by atoms with Gasteiger partial charge in [0.1, 0.15) is 10.8 Å². The molecule has 102 valence electrons. The molecule has 0 aliphatic heterocycles. The number of halogens is 1. The van der Waals surface area contributed by atoms with E-state index in [0.29, 0.717) is 15.2 Å². The maximum atomic E-state index is 6.03. The molecule has 0 bridgehead atoms. The molecule has 3 aromatic rings. The smallest absolute Gasteiger partial charge is 0.221 e. The van der Waals surface area contributed by atoms with Crippen LogP contribution < -0.4 is 10.5 Å². The van der Waals surface area contributed by atoms with Crippen LogP contribution in [-0.2, 0) is 0 Å². The molecule has 0 fully saturated rings. The third kappa shape index (κ3) is 2.50. The maximum absolute atomic E-state index is 6.03. The number of aromatic nitrogens is 4. The van der Waals surface area contributed by atoms with E-state index in [9.17, 15) is 0 Å². The van der Waals surface area contributed by atoms with E-state index in [-0.39, 0.29) is 5.95 Å². The van der Waals surface area contributed by atoms with Crippen molar-refractivity contribution in [2.75, 3.05) is 12.8 Å². The van der Waals surface area contributed by atoms with Crippen LogP contribution in [0.3, 0.4) is 0 Å². The van der Waals surface area contributed by atoms with Gasteiger partial charge in [-0.1, -0.05) is 11.6 Å². The van der Waals surface area contributed by atoms with E-state index in [2.05, 4.69) is 19.9 Å². The zero-order valence-corrected chi connectivity index (χ0v) is 12.0. The van der Waals surface area contributed by atoms with Gasteiger partial charge in [0.2, 0.25) is 5.95 Å². The van der Waals surface area contributed by atoms with Gasteiger partial charge in [-0.05, 0) is 23.9 Å². The average molecular weight is 308 g/mol. The number of hydrogen-bond acceptors (Lipinski definition) is 6. The van der Waals surface area contributed by atoms with Gasteiger partial charge in [0.25, 0.3) is 0 Å². The number of nitrogens with two attached hydrogens (primary N) is 1. The molecule has 0 radical (unpaired) electrons. The first kappa shape index (κ1) is 13.0.